The summed E-state index contributed by atoms with van der Waals surface area (Å²) in [6.07, 6.45) is 2.83. The van der Waals surface area contributed by atoms with Crippen molar-refractivity contribution in [1.82, 2.24) is 29.9 Å². The van der Waals surface area contributed by atoms with E-state index < -0.39 is 11.7 Å². The number of rotatable bonds is 11. The van der Waals surface area contributed by atoms with E-state index in [9.17, 15) is 24.6 Å². The SMILES string of the molecule is COc1nc(-c2cccc(-c3cccc(-c4ccn5c(=O)cc(CNC6CC(C)(O)C6)nc5c4)c3Cl)c2Cl)ccc1CN(C[C@@H]1CCC(=O)N1)C(=O)O. The lowest BCUT2D eigenvalue weighted by molar-refractivity contribution is -0.119. The molecular weight excluding hydrogens is 719 g/mol. The third-order valence-corrected chi connectivity index (χ3v) is 10.6. The van der Waals surface area contributed by atoms with Crippen molar-refractivity contribution >= 4 is 40.8 Å². The zero-order valence-electron chi connectivity index (χ0n) is 29.1. The second-order valence-electron chi connectivity index (χ2n) is 13.9. The van der Waals surface area contributed by atoms with Crippen LogP contribution in [0.5, 0.6) is 5.88 Å². The standard InChI is InChI=1S/C39H38Cl2N6O6/c1-39(52)17-26(18-39)42-19-25-16-34(49)47-14-13-22(15-32(47)43-25)27-5-3-6-28(35(27)40)29-7-4-8-30(36(29)41)31-11-9-23(37(45-31)53-2)20-46(38(50)51)21-24-10-12-33(48)44-24/h3-9,11,13-16,24,26,42,52H,10,12,17-21H2,1-2H3,(H,44,48)(H,50,51)/t24-,26?,39?/m0/s1. The Morgan fingerprint density at radius 2 is 1.72 bits per heavy atom. The monoisotopic (exact) mass is 756 g/mol. The highest BCUT2D eigenvalue weighted by Crippen LogP contribution is 2.42. The summed E-state index contributed by atoms with van der Waals surface area (Å²) in [6.45, 7) is 2.40. The predicted octanol–water partition coefficient (Wildman–Crippen LogP) is 6.17. The molecule has 0 unspecified atom stereocenters. The molecule has 4 heterocycles. The minimum absolute atomic E-state index is 0.0239. The number of methoxy groups -OCH3 is 1. The van der Waals surface area contributed by atoms with Crippen molar-refractivity contribution in [3.05, 3.63) is 105 Å². The minimum Gasteiger partial charge on any atom is -0.481 e. The number of hydrogen-bond donors (Lipinski definition) is 4. The van der Waals surface area contributed by atoms with Crippen LogP contribution in [0.4, 0.5) is 4.79 Å². The van der Waals surface area contributed by atoms with Gasteiger partial charge in [-0.25, -0.2) is 14.8 Å². The van der Waals surface area contributed by atoms with Gasteiger partial charge in [0, 0.05) is 71.7 Å². The van der Waals surface area contributed by atoms with Crippen LogP contribution in [0.25, 0.3) is 39.2 Å². The Kier molecular flexibility index (Phi) is 10.1. The van der Waals surface area contributed by atoms with Gasteiger partial charge >= 0.3 is 6.09 Å². The molecule has 14 heteroatoms. The van der Waals surface area contributed by atoms with Crippen molar-refractivity contribution in [3.63, 3.8) is 0 Å². The number of aliphatic hydroxyl groups is 1. The normalized spacial score (nSPS) is 19.5. The fourth-order valence-corrected chi connectivity index (χ4v) is 7.78. The number of amides is 2. The van der Waals surface area contributed by atoms with Crippen LogP contribution in [0, 0.1) is 0 Å². The van der Waals surface area contributed by atoms with E-state index in [1.165, 1.54) is 22.5 Å². The van der Waals surface area contributed by atoms with E-state index in [1.54, 1.807) is 18.3 Å². The topological polar surface area (TPSA) is 158 Å². The first-order valence-electron chi connectivity index (χ1n) is 17.3. The van der Waals surface area contributed by atoms with E-state index in [0.717, 1.165) is 11.1 Å². The number of hydrogen-bond acceptors (Lipinski definition) is 8. The molecule has 1 saturated carbocycles. The number of ether oxygens (including phenoxy) is 1. The third-order valence-electron chi connectivity index (χ3n) is 9.83. The summed E-state index contributed by atoms with van der Waals surface area (Å²) in [6, 6.07) is 19.9. The van der Waals surface area contributed by atoms with E-state index in [2.05, 4.69) is 10.6 Å². The van der Waals surface area contributed by atoms with Crippen LogP contribution in [0.15, 0.2) is 77.7 Å². The Morgan fingerprint density at radius 1 is 1.02 bits per heavy atom. The van der Waals surface area contributed by atoms with Crippen LogP contribution in [0.1, 0.15) is 43.9 Å². The van der Waals surface area contributed by atoms with Gasteiger partial charge in [-0.15, -0.1) is 0 Å². The fraction of sp³-hybridized carbons (Fsp3) is 0.308. The minimum atomic E-state index is -1.11. The van der Waals surface area contributed by atoms with Gasteiger partial charge in [-0.2, -0.15) is 0 Å². The lowest BCUT2D eigenvalue weighted by Gasteiger charge is -2.41. The summed E-state index contributed by atoms with van der Waals surface area (Å²) in [5.41, 5.74) is 4.82. The number of aromatic nitrogens is 3. The Labute approximate surface area is 315 Å². The molecule has 4 N–H and O–H groups in total. The molecule has 1 aliphatic heterocycles. The average molecular weight is 758 g/mol. The van der Waals surface area contributed by atoms with Gasteiger partial charge in [0.05, 0.1) is 40.7 Å². The molecule has 1 saturated heterocycles. The maximum atomic E-state index is 12.9. The van der Waals surface area contributed by atoms with Gasteiger partial charge in [0.25, 0.3) is 5.56 Å². The number of fused-ring (bicyclic) bond motifs is 1. The van der Waals surface area contributed by atoms with Gasteiger partial charge in [0.2, 0.25) is 11.8 Å². The number of pyridine rings is 2. The largest absolute Gasteiger partial charge is 0.481 e. The van der Waals surface area contributed by atoms with Crippen LogP contribution in [0.2, 0.25) is 10.0 Å². The molecular formula is C39H38Cl2N6O6. The van der Waals surface area contributed by atoms with Gasteiger partial charge in [-0.1, -0.05) is 59.6 Å². The van der Waals surface area contributed by atoms with E-state index in [1.807, 2.05) is 55.5 Å². The number of carbonyl (C=O) groups is 2. The molecule has 2 aromatic carbocycles. The molecule has 0 spiro atoms. The van der Waals surface area contributed by atoms with Crippen LogP contribution in [0.3, 0.4) is 0 Å². The summed E-state index contributed by atoms with van der Waals surface area (Å²) in [5, 5.41) is 27.0. The first kappa shape index (κ1) is 36.4. The Balaban J connectivity index is 1.15. The molecule has 5 aromatic rings. The maximum absolute atomic E-state index is 12.9. The third kappa shape index (κ3) is 7.72. The Bertz CT molecular complexity index is 2290. The zero-order valence-corrected chi connectivity index (χ0v) is 30.6. The van der Waals surface area contributed by atoms with Gasteiger partial charge < -0.3 is 30.5 Å². The molecule has 53 heavy (non-hydrogen) atoms. The quantitative estimate of drug-likeness (QED) is 0.124. The highest BCUT2D eigenvalue weighted by molar-refractivity contribution is 6.39. The first-order chi connectivity index (χ1) is 25.4. The summed E-state index contributed by atoms with van der Waals surface area (Å²) in [7, 11) is 1.47. The van der Waals surface area contributed by atoms with Gasteiger partial charge in [0.1, 0.15) is 5.65 Å². The predicted molar refractivity (Wildman–Crippen MR) is 202 cm³/mol. The molecule has 2 fully saturated rings. The van der Waals surface area contributed by atoms with E-state index in [0.29, 0.717) is 81.6 Å². The lowest BCUT2D eigenvalue weighted by atomic mass is 9.77. The number of nitrogens with one attached hydrogen (secondary N) is 2. The van der Waals surface area contributed by atoms with Crippen LogP contribution in [-0.2, 0) is 17.9 Å². The first-order valence-corrected chi connectivity index (χ1v) is 18.0. The summed E-state index contributed by atoms with van der Waals surface area (Å²) < 4.78 is 7.08. The van der Waals surface area contributed by atoms with Gasteiger partial charge in [-0.05, 0) is 56.0 Å². The molecule has 2 aliphatic rings. The maximum Gasteiger partial charge on any atom is 0.407 e. The van der Waals surface area contributed by atoms with E-state index >= 15 is 0 Å². The van der Waals surface area contributed by atoms with Crippen molar-refractivity contribution in [2.24, 2.45) is 0 Å². The molecule has 274 valence electrons. The van der Waals surface area contributed by atoms with Gasteiger partial charge in [-0.3, -0.25) is 14.0 Å². The van der Waals surface area contributed by atoms with Gasteiger partial charge in [0.15, 0.2) is 0 Å². The van der Waals surface area contributed by atoms with Crippen molar-refractivity contribution in [1.29, 1.82) is 0 Å². The molecule has 1 atom stereocenters. The summed E-state index contributed by atoms with van der Waals surface area (Å²) in [5.74, 6) is 0.171. The molecule has 1 aliphatic carbocycles. The number of benzene rings is 2. The molecule has 7 rings (SSSR count). The van der Waals surface area contributed by atoms with Crippen molar-refractivity contribution in [2.45, 2.75) is 63.4 Å². The second kappa shape index (κ2) is 14.8. The Morgan fingerprint density at radius 3 is 2.38 bits per heavy atom. The molecule has 3 aromatic heterocycles. The fourth-order valence-electron chi connectivity index (χ4n) is 7.12. The van der Waals surface area contributed by atoms with Crippen molar-refractivity contribution < 1.29 is 24.5 Å². The highest BCUT2D eigenvalue weighted by atomic mass is 35.5. The zero-order chi connectivity index (χ0) is 37.4. The van der Waals surface area contributed by atoms with Crippen molar-refractivity contribution in [3.8, 4) is 39.4 Å². The van der Waals surface area contributed by atoms with Crippen LogP contribution in [-0.4, -0.2) is 72.8 Å². The summed E-state index contributed by atoms with van der Waals surface area (Å²) in [4.78, 5) is 47.3. The average Bonchev–Trinajstić information content (AvgIpc) is 3.54. The number of nitrogens with zero attached hydrogens (tertiary/aromatic N) is 4. The summed E-state index contributed by atoms with van der Waals surface area (Å²) >= 11 is 14.2. The van der Waals surface area contributed by atoms with E-state index in [-0.39, 0.29) is 42.5 Å². The smallest absolute Gasteiger partial charge is 0.407 e. The molecule has 0 radical (unpaired) electrons. The molecule has 2 amide bonds. The Hall–Kier alpha value is -5.01. The number of carboxylic acid groups (broad SMARTS) is 1. The molecule has 0 bridgehead atoms. The molecule has 12 nitrogen and oxygen atoms in total. The highest BCUT2D eigenvalue weighted by Gasteiger charge is 2.37. The second-order valence-corrected chi connectivity index (χ2v) is 14.6. The van der Waals surface area contributed by atoms with Crippen molar-refractivity contribution in [2.75, 3.05) is 13.7 Å². The van der Waals surface area contributed by atoms with E-state index in [4.69, 9.17) is 37.9 Å². The lowest BCUT2D eigenvalue weighted by Crippen LogP contribution is -2.51. The number of halogens is 2. The van der Waals surface area contributed by atoms with Crippen LogP contribution < -0.4 is 20.9 Å². The number of carbonyl (C=O) groups excluding carboxylic acids is 1. The van der Waals surface area contributed by atoms with Crippen LogP contribution >= 0.6 is 23.2 Å².